The summed E-state index contributed by atoms with van der Waals surface area (Å²) in [6.45, 7) is 1.63. The second-order valence-corrected chi connectivity index (χ2v) is 6.33. The zero-order chi connectivity index (χ0) is 14.7. The Morgan fingerprint density at radius 1 is 1.19 bits per heavy atom. The SMILES string of the molecule is Nc1ccc(C2(CO)CCOCC2)cc1C1=CCCCC1. The van der Waals surface area contributed by atoms with Gasteiger partial charge in [-0.3, -0.25) is 0 Å². The molecule has 0 saturated carbocycles. The zero-order valence-electron chi connectivity index (χ0n) is 12.6. The Bertz CT molecular complexity index is 530. The highest BCUT2D eigenvalue weighted by Gasteiger charge is 2.34. The van der Waals surface area contributed by atoms with Crippen molar-refractivity contribution in [3.05, 3.63) is 35.4 Å². The first-order valence-corrected chi connectivity index (χ1v) is 8.03. The molecule has 3 rings (SSSR count). The standard InChI is InChI=1S/C18H25NO2/c19-17-7-6-15(18(13-20)8-10-21-11-9-18)12-16(17)14-4-2-1-3-5-14/h4,6-7,12,20H,1-3,5,8-11,13,19H2. The lowest BCUT2D eigenvalue weighted by Crippen LogP contribution is -2.37. The van der Waals surface area contributed by atoms with Crippen LogP contribution in [0.2, 0.25) is 0 Å². The van der Waals surface area contributed by atoms with Crippen LogP contribution in [0.4, 0.5) is 5.69 Å². The van der Waals surface area contributed by atoms with Crippen LogP contribution in [0.1, 0.15) is 49.7 Å². The maximum Gasteiger partial charge on any atom is 0.0529 e. The molecule has 1 saturated heterocycles. The molecule has 1 fully saturated rings. The maximum absolute atomic E-state index is 9.96. The van der Waals surface area contributed by atoms with E-state index in [-0.39, 0.29) is 12.0 Å². The smallest absolute Gasteiger partial charge is 0.0529 e. The van der Waals surface area contributed by atoms with Crippen LogP contribution in [0, 0.1) is 0 Å². The van der Waals surface area contributed by atoms with E-state index in [0.717, 1.165) is 44.6 Å². The first-order valence-electron chi connectivity index (χ1n) is 8.03. The topological polar surface area (TPSA) is 55.5 Å². The van der Waals surface area contributed by atoms with Gasteiger partial charge in [-0.05, 0) is 61.8 Å². The Labute approximate surface area is 126 Å². The molecule has 114 valence electrons. The predicted molar refractivity (Wildman–Crippen MR) is 86.1 cm³/mol. The number of hydrogen-bond donors (Lipinski definition) is 2. The van der Waals surface area contributed by atoms with Crippen LogP contribution in [0.15, 0.2) is 24.3 Å². The van der Waals surface area contributed by atoms with E-state index in [9.17, 15) is 5.11 Å². The van der Waals surface area contributed by atoms with Crippen molar-refractivity contribution in [3.63, 3.8) is 0 Å². The van der Waals surface area contributed by atoms with Crippen molar-refractivity contribution < 1.29 is 9.84 Å². The number of nitrogens with two attached hydrogens (primary N) is 1. The summed E-state index contributed by atoms with van der Waals surface area (Å²) in [6.07, 6.45) is 8.88. The Morgan fingerprint density at radius 3 is 2.67 bits per heavy atom. The summed E-state index contributed by atoms with van der Waals surface area (Å²) in [4.78, 5) is 0. The van der Waals surface area contributed by atoms with E-state index in [2.05, 4.69) is 18.2 Å². The molecule has 0 unspecified atom stereocenters. The summed E-state index contributed by atoms with van der Waals surface area (Å²) in [6, 6.07) is 6.31. The highest BCUT2D eigenvalue weighted by Crippen LogP contribution is 2.38. The van der Waals surface area contributed by atoms with Crippen molar-refractivity contribution in [1.29, 1.82) is 0 Å². The number of anilines is 1. The van der Waals surface area contributed by atoms with E-state index < -0.39 is 0 Å². The van der Waals surface area contributed by atoms with Crippen LogP contribution >= 0.6 is 0 Å². The van der Waals surface area contributed by atoms with E-state index in [0.29, 0.717) is 0 Å². The number of aliphatic hydroxyl groups is 1. The molecule has 1 aliphatic heterocycles. The summed E-state index contributed by atoms with van der Waals surface area (Å²) in [5, 5.41) is 9.96. The number of hydrogen-bond acceptors (Lipinski definition) is 3. The van der Waals surface area contributed by atoms with Crippen molar-refractivity contribution in [1.82, 2.24) is 0 Å². The Balaban J connectivity index is 1.98. The molecule has 3 nitrogen and oxygen atoms in total. The van der Waals surface area contributed by atoms with Crippen LogP contribution in [0.5, 0.6) is 0 Å². The summed E-state index contributed by atoms with van der Waals surface area (Å²) in [7, 11) is 0. The van der Waals surface area contributed by atoms with E-state index in [1.54, 1.807) is 0 Å². The Kier molecular flexibility index (Phi) is 4.32. The Hall–Kier alpha value is -1.32. The van der Waals surface area contributed by atoms with Crippen molar-refractivity contribution in [2.75, 3.05) is 25.6 Å². The van der Waals surface area contributed by atoms with Crippen molar-refractivity contribution in [2.24, 2.45) is 0 Å². The van der Waals surface area contributed by atoms with Gasteiger partial charge in [0.15, 0.2) is 0 Å². The van der Waals surface area contributed by atoms with Gasteiger partial charge in [0.05, 0.1) is 6.61 Å². The fourth-order valence-electron chi connectivity index (χ4n) is 3.55. The van der Waals surface area contributed by atoms with Crippen LogP contribution in [0.25, 0.3) is 5.57 Å². The summed E-state index contributed by atoms with van der Waals surface area (Å²) in [5.74, 6) is 0. The summed E-state index contributed by atoms with van der Waals surface area (Å²) >= 11 is 0. The molecule has 21 heavy (non-hydrogen) atoms. The van der Waals surface area contributed by atoms with Gasteiger partial charge in [-0.1, -0.05) is 12.1 Å². The number of ether oxygens (including phenoxy) is 1. The lowest BCUT2D eigenvalue weighted by molar-refractivity contribution is 0.0253. The van der Waals surface area contributed by atoms with Gasteiger partial charge in [0.2, 0.25) is 0 Å². The molecule has 1 aliphatic carbocycles. The highest BCUT2D eigenvalue weighted by molar-refractivity contribution is 5.76. The van der Waals surface area contributed by atoms with E-state index in [1.165, 1.54) is 29.5 Å². The van der Waals surface area contributed by atoms with Gasteiger partial charge < -0.3 is 15.6 Å². The van der Waals surface area contributed by atoms with Crippen LogP contribution in [0.3, 0.4) is 0 Å². The third kappa shape index (κ3) is 2.85. The molecular formula is C18H25NO2. The first kappa shape index (κ1) is 14.6. The van der Waals surface area contributed by atoms with E-state index in [4.69, 9.17) is 10.5 Å². The maximum atomic E-state index is 9.96. The van der Waals surface area contributed by atoms with Crippen molar-refractivity contribution in [2.45, 2.75) is 43.9 Å². The quantitative estimate of drug-likeness (QED) is 0.839. The first-order chi connectivity index (χ1) is 10.2. The second kappa shape index (κ2) is 6.20. The molecule has 2 aliphatic rings. The van der Waals surface area contributed by atoms with Gasteiger partial charge in [0, 0.05) is 29.9 Å². The van der Waals surface area contributed by atoms with Gasteiger partial charge >= 0.3 is 0 Å². The van der Waals surface area contributed by atoms with E-state index >= 15 is 0 Å². The minimum atomic E-state index is -0.157. The molecule has 1 aromatic rings. The number of allylic oxidation sites excluding steroid dienone is 2. The van der Waals surface area contributed by atoms with Gasteiger partial charge in [0.1, 0.15) is 0 Å². The van der Waals surface area contributed by atoms with Crippen LogP contribution < -0.4 is 5.73 Å². The molecule has 3 N–H and O–H groups in total. The average Bonchev–Trinajstić information content (AvgIpc) is 2.56. The van der Waals surface area contributed by atoms with E-state index in [1.807, 2.05) is 6.07 Å². The number of rotatable bonds is 3. The van der Waals surface area contributed by atoms with Crippen LogP contribution in [-0.4, -0.2) is 24.9 Å². The predicted octanol–water partition coefficient (Wildman–Crippen LogP) is 3.27. The minimum Gasteiger partial charge on any atom is -0.398 e. The molecule has 0 bridgehead atoms. The zero-order valence-corrected chi connectivity index (χ0v) is 12.6. The lowest BCUT2D eigenvalue weighted by atomic mass is 9.74. The summed E-state index contributed by atoms with van der Waals surface area (Å²) in [5.41, 5.74) is 10.7. The number of aliphatic hydroxyl groups excluding tert-OH is 1. The van der Waals surface area contributed by atoms with Gasteiger partial charge in [-0.15, -0.1) is 0 Å². The Morgan fingerprint density at radius 2 is 2.00 bits per heavy atom. The van der Waals surface area contributed by atoms with Crippen LogP contribution in [-0.2, 0) is 10.2 Å². The molecule has 1 heterocycles. The number of benzene rings is 1. The molecule has 3 heteroatoms. The molecular weight excluding hydrogens is 262 g/mol. The largest absolute Gasteiger partial charge is 0.398 e. The number of nitrogen functional groups attached to an aromatic ring is 1. The van der Waals surface area contributed by atoms with Crippen molar-refractivity contribution >= 4 is 11.3 Å². The summed E-state index contributed by atoms with van der Waals surface area (Å²) < 4.78 is 5.47. The van der Waals surface area contributed by atoms with Gasteiger partial charge in [-0.2, -0.15) is 0 Å². The average molecular weight is 287 g/mol. The fraction of sp³-hybridized carbons (Fsp3) is 0.556. The second-order valence-electron chi connectivity index (χ2n) is 6.33. The fourth-order valence-corrected chi connectivity index (χ4v) is 3.55. The van der Waals surface area contributed by atoms with Gasteiger partial charge in [-0.25, -0.2) is 0 Å². The monoisotopic (exact) mass is 287 g/mol. The third-order valence-electron chi connectivity index (χ3n) is 5.06. The molecule has 0 aromatic heterocycles. The van der Waals surface area contributed by atoms with Gasteiger partial charge in [0.25, 0.3) is 0 Å². The lowest BCUT2D eigenvalue weighted by Gasteiger charge is -2.36. The molecule has 1 aromatic carbocycles. The van der Waals surface area contributed by atoms with Crippen molar-refractivity contribution in [3.8, 4) is 0 Å². The molecule has 0 amide bonds. The minimum absolute atomic E-state index is 0.157. The normalized spacial score (nSPS) is 21.9. The molecule has 0 atom stereocenters. The highest BCUT2D eigenvalue weighted by atomic mass is 16.5. The third-order valence-corrected chi connectivity index (χ3v) is 5.06. The molecule has 0 radical (unpaired) electrons. The molecule has 0 spiro atoms.